The molecule has 0 spiro atoms. The molecule has 0 N–H and O–H groups in total. The summed E-state index contributed by atoms with van der Waals surface area (Å²) in [7, 11) is 0. The van der Waals surface area contributed by atoms with Crippen molar-refractivity contribution in [2.75, 3.05) is 0 Å². The smallest absolute Gasteiger partial charge is 0.217 e. The third-order valence-corrected chi connectivity index (χ3v) is 6.76. The van der Waals surface area contributed by atoms with E-state index in [4.69, 9.17) is 9.73 Å². The molecule has 0 saturated carbocycles. The monoisotopic (exact) mass is 429 g/mol. The Hall–Kier alpha value is -1.69. The van der Waals surface area contributed by atoms with Crippen LogP contribution in [0, 0.1) is 0 Å². The van der Waals surface area contributed by atoms with E-state index in [2.05, 4.69) is 63.1 Å². The second-order valence-electron chi connectivity index (χ2n) is 5.66. The van der Waals surface area contributed by atoms with Crippen molar-refractivity contribution in [3.05, 3.63) is 86.8 Å². The molecule has 0 bridgehead atoms. The van der Waals surface area contributed by atoms with E-state index in [9.17, 15) is 0 Å². The highest BCUT2D eigenvalue weighted by Gasteiger charge is 2.35. The van der Waals surface area contributed by atoms with Gasteiger partial charge in [-0.2, -0.15) is 0 Å². The Labute approximate surface area is 163 Å². The van der Waals surface area contributed by atoms with Crippen molar-refractivity contribution in [1.29, 1.82) is 0 Å². The maximum absolute atomic E-state index is 6.28. The number of rotatable bonds is 4. The van der Waals surface area contributed by atoms with Crippen molar-refractivity contribution in [1.82, 2.24) is 0 Å². The maximum Gasteiger partial charge on any atom is 0.217 e. The molecule has 3 atom stereocenters. The summed E-state index contributed by atoms with van der Waals surface area (Å²) >= 11 is 7.28. The van der Waals surface area contributed by atoms with Crippen molar-refractivity contribution in [2.45, 2.75) is 17.0 Å². The fourth-order valence-corrected chi connectivity index (χ4v) is 5.01. The molecule has 0 aliphatic carbocycles. The molecule has 0 saturated heterocycles. The van der Waals surface area contributed by atoms with Gasteiger partial charge in [-0.05, 0) is 41.1 Å². The Bertz CT molecular complexity index is 857. The molecule has 25 heavy (non-hydrogen) atoms. The molecule has 126 valence electrons. The number of aliphatic imine (C=N–C) groups is 1. The van der Waals surface area contributed by atoms with Crippen LogP contribution in [0.15, 0.2) is 76.4 Å². The van der Waals surface area contributed by atoms with Gasteiger partial charge in [0, 0.05) is 15.3 Å². The Morgan fingerprint density at radius 2 is 1.76 bits per heavy atom. The van der Waals surface area contributed by atoms with Gasteiger partial charge in [0.1, 0.15) is 6.10 Å². The number of halogens is 1. The van der Waals surface area contributed by atoms with Crippen LogP contribution < -0.4 is 0 Å². The van der Waals surface area contributed by atoms with E-state index in [1.54, 1.807) is 22.7 Å². The van der Waals surface area contributed by atoms with Gasteiger partial charge < -0.3 is 4.74 Å². The van der Waals surface area contributed by atoms with Gasteiger partial charge in [0.2, 0.25) is 5.90 Å². The van der Waals surface area contributed by atoms with Gasteiger partial charge in [-0.15, -0.1) is 22.7 Å². The van der Waals surface area contributed by atoms with Gasteiger partial charge in [-0.25, -0.2) is 4.99 Å². The minimum absolute atomic E-state index is 0.0122. The van der Waals surface area contributed by atoms with Gasteiger partial charge in [0.15, 0.2) is 0 Å². The highest BCUT2D eigenvalue weighted by atomic mass is 79.9. The van der Waals surface area contributed by atoms with Crippen molar-refractivity contribution < 1.29 is 4.74 Å². The standard InChI is InChI=1S/C20H16BrNOS2/c21-18-16(11-10-15-8-4-12-24-15)22-20(14-6-2-1-3-7-14)23-19(18)17-9-5-13-25-17/h1-13,16,18-19H/b11-10+/t16-,18+,19-/m0/s1. The maximum atomic E-state index is 6.28. The first-order valence-electron chi connectivity index (χ1n) is 8.00. The summed E-state index contributed by atoms with van der Waals surface area (Å²) in [4.78, 5) is 7.39. The van der Waals surface area contributed by atoms with E-state index in [0.29, 0.717) is 5.90 Å². The molecular formula is C20H16BrNOS2. The minimum atomic E-state index is -0.0503. The van der Waals surface area contributed by atoms with Gasteiger partial charge in [0.25, 0.3) is 0 Å². The molecule has 2 aromatic heterocycles. The van der Waals surface area contributed by atoms with Crippen LogP contribution in [0.25, 0.3) is 6.08 Å². The van der Waals surface area contributed by atoms with Gasteiger partial charge in [-0.1, -0.05) is 52.3 Å². The van der Waals surface area contributed by atoms with Crippen LogP contribution in [-0.4, -0.2) is 16.8 Å². The van der Waals surface area contributed by atoms with Gasteiger partial charge >= 0.3 is 0 Å². The van der Waals surface area contributed by atoms with Crippen LogP contribution in [0.3, 0.4) is 0 Å². The summed E-state index contributed by atoms with van der Waals surface area (Å²) < 4.78 is 6.28. The molecule has 1 aromatic carbocycles. The molecule has 5 heteroatoms. The molecule has 0 radical (unpaired) electrons. The molecular weight excluding hydrogens is 414 g/mol. The largest absolute Gasteiger partial charge is 0.467 e. The molecule has 1 aliphatic heterocycles. The zero-order chi connectivity index (χ0) is 17.1. The van der Waals surface area contributed by atoms with Crippen molar-refractivity contribution >= 4 is 50.6 Å². The molecule has 1 aliphatic rings. The predicted molar refractivity (Wildman–Crippen MR) is 111 cm³/mol. The average Bonchev–Trinajstić information content (AvgIpc) is 3.35. The first-order chi connectivity index (χ1) is 12.3. The highest BCUT2D eigenvalue weighted by Crippen LogP contribution is 2.37. The average molecular weight is 430 g/mol. The number of nitrogens with zero attached hydrogens (tertiary/aromatic N) is 1. The Balaban J connectivity index is 1.69. The third-order valence-electron chi connectivity index (χ3n) is 3.97. The lowest BCUT2D eigenvalue weighted by Gasteiger charge is -2.32. The molecule has 0 unspecified atom stereocenters. The molecule has 0 amide bonds. The number of ether oxygens (including phenoxy) is 1. The van der Waals surface area contributed by atoms with Crippen molar-refractivity contribution in [3.8, 4) is 0 Å². The number of hydrogen-bond acceptors (Lipinski definition) is 4. The lowest BCUT2D eigenvalue weighted by atomic mass is 10.0. The minimum Gasteiger partial charge on any atom is -0.467 e. The van der Waals surface area contributed by atoms with E-state index in [1.165, 1.54) is 9.75 Å². The van der Waals surface area contributed by atoms with Crippen LogP contribution in [0.4, 0.5) is 0 Å². The Morgan fingerprint density at radius 1 is 0.960 bits per heavy atom. The van der Waals surface area contributed by atoms with Crippen LogP contribution >= 0.6 is 38.6 Å². The van der Waals surface area contributed by atoms with Crippen molar-refractivity contribution in [3.63, 3.8) is 0 Å². The fourth-order valence-electron chi connectivity index (χ4n) is 2.72. The topological polar surface area (TPSA) is 21.6 Å². The zero-order valence-electron chi connectivity index (χ0n) is 13.3. The summed E-state index contributed by atoms with van der Waals surface area (Å²) in [6.07, 6.45) is 4.26. The summed E-state index contributed by atoms with van der Waals surface area (Å²) in [5.41, 5.74) is 1.01. The molecule has 4 rings (SSSR count). The van der Waals surface area contributed by atoms with Gasteiger partial charge in [-0.3, -0.25) is 0 Å². The predicted octanol–water partition coefficient (Wildman–Crippen LogP) is 6.17. The van der Waals surface area contributed by atoms with E-state index in [-0.39, 0.29) is 17.0 Å². The SMILES string of the molecule is Br[C@@H]1[C@H](/C=C/c2cccs2)N=C(c2ccccc2)O[C@H]1c1cccs1. The number of benzene rings is 1. The van der Waals surface area contributed by atoms with Crippen LogP contribution in [0.5, 0.6) is 0 Å². The number of alkyl halides is 1. The normalized spacial score (nSPS) is 23.4. The van der Waals surface area contributed by atoms with E-state index < -0.39 is 0 Å². The molecule has 3 heterocycles. The number of thiophene rings is 2. The first-order valence-corrected chi connectivity index (χ1v) is 10.7. The summed E-state index contributed by atoms with van der Waals surface area (Å²) in [6.45, 7) is 0. The fraction of sp³-hybridized carbons (Fsp3) is 0.150. The van der Waals surface area contributed by atoms with Crippen LogP contribution in [0.2, 0.25) is 0 Å². The van der Waals surface area contributed by atoms with Crippen LogP contribution in [0.1, 0.15) is 21.4 Å². The summed E-state index contributed by atoms with van der Waals surface area (Å²) in [6, 6.07) is 18.5. The lowest BCUT2D eigenvalue weighted by Crippen LogP contribution is -2.34. The quantitative estimate of drug-likeness (QED) is 0.454. The van der Waals surface area contributed by atoms with Gasteiger partial charge in [0.05, 0.1) is 10.9 Å². The molecule has 3 aromatic rings. The van der Waals surface area contributed by atoms with E-state index in [0.717, 1.165) is 5.56 Å². The second kappa shape index (κ2) is 7.68. The Morgan fingerprint density at radius 3 is 2.48 bits per heavy atom. The Kier molecular flexibility index (Phi) is 5.15. The molecule has 0 fully saturated rings. The summed E-state index contributed by atoms with van der Waals surface area (Å²) in [5, 5.41) is 4.17. The summed E-state index contributed by atoms with van der Waals surface area (Å²) in [5.74, 6) is 0.704. The van der Waals surface area contributed by atoms with Crippen LogP contribution in [-0.2, 0) is 4.74 Å². The third kappa shape index (κ3) is 3.78. The molecule has 2 nitrogen and oxygen atoms in total. The van der Waals surface area contributed by atoms with E-state index in [1.807, 2.05) is 30.3 Å². The zero-order valence-corrected chi connectivity index (χ0v) is 16.5. The number of hydrogen-bond donors (Lipinski definition) is 0. The van der Waals surface area contributed by atoms with Crippen molar-refractivity contribution in [2.24, 2.45) is 4.99 Å². The lowest BCUT2D eigenvalue weighted by molar-refractivity contribution is 0.173. The van der Waals surface area contributed by atoms with E-state index >= 15 is 0 Å². The second-order valence-corrected chi connectivity index (χ2v) is 8.68. The highest BCUT2D eigenvalue weighted by molar-refractivity contribution is 9.09. The first kappa shape index (κ1) is 16.8.